The van der Waals surface area contributed by atoms with E-state index in [2.05, 4.69) is 23.3 Å². The van der Waals surface area contributed by atoms with Gasteiger partial charge in [-0.15, -0.1) is 0 Å². The van der Waals surface area contributed by atoms with E-state index < -0.39 is 0 Å². The van der Waals surface area contributed by atoms with Crippen LogP contribution in [-0.2, 0) is 6.42 Å². The van der Waals surface area contributed by atoms with Gasteiger partial charge < -0.3 is 5.32 Å². The Morgan fingerprint density at radius 1 is 1.26 bits per heavy atom. The highest BCUT2D eigenvalue weighted by Gasteiger charge is 2.24. The van der Waals surface area contributed by atoms with E-state index in [1.54, 1.807) is 0 Å². The highest BCUT2D eigenvalue weighted by Crippen LogP contribution is 2.31. The Labute approximate surface area is 112 Å². The van der Waals surface area contributed by atoms with Crippen molar-refractivity contribution >= 4 is 0 Å². The van der Waals surface area contributed by atoms with Crippen LogP contribution >= 0.6 is 0 Å². The molecule has 2 nitrogen and oxygen atoms in total. The van der Waals surface area contributed by atoms with E-state index in [0.717, 1.165) is 24.1 Å². The van der Waals surface area contributed by atoms with Crippen molar-refractivity contribution < 1.29 is 4.39 Å². The Bertz CT molecular complexity index is 565. The summed E-state index contributed by atoms with van der Waals surface area (Å²) in [4.78, 5) is 4.48. The molecule has 0 saturated carbocycles. The number of rotatable bonds is 3. The molecule has 0 radical (unpaired) electrons. The fraction of sp³-hybridized carbons (Fsp3) is 0.312. The second-order valence-electron chi connectivity index (χ2n) is 5.08. The summed E-state index contributed by atoms with van der Waals surface area (Å²) in [6.45, 7) is 2.11. The van der Waals surface area contributed by atoms with Crippen LogP contribution in [0.3, 0.4) is 0 Å². The zero-order valence-electron chi connectivity index (χ0n) is 10.9. The van der Waals surface area contributed by atoms with Crippen molar-refractivity contribution in [2.75, 3.05) is 0 Å². The lowest BCUT2D eigenvalue weighted by Gasteiger charge is -2.20. The predicted octanol–water partition coefficient (Wildman–Crippen LogP) is 3.56. The van der Waals surface area contributed by atoms with Crippen molar-refractivity contribution in [1.29, 1.82) is 0 Å². The van der Waals surface area contributed by atoms with E-state index in [1.807, 2.05) is 24.4 Å². The molecule has 19 heavy (non-hydrogen) atoms. The number of hydrogen-bond acceptors (Lipinski definition) is 2. The quantitative estimate of drug-likeness (QED) is 0.908. The molecule has 3 rings (SSSR count). The van der Waals surface area contributed by atoms with Gasteiger partial charge in [0.25, 0.3) is 0 Å². The number of aromatic nitrogens is 1. The summed E-state index contributed by atoms with van der Waals surface area (Å²) in [6.07, 6.45) is 4.01. The number of fused-ring (bicyclic) bond motifs is 1. The molecular weight excluding hydrogens is 239 g/mol. The largest absolute Gasteiger partial charge is 0.302 e. The van der Waals surface area contributed by atoms with Crippen molar-refractivity contribution in [3.63, 3.8) is 0 Å². The number of hydrogen-bond donors (Lipinski definition) is 1. The average molecular weight is 256 g/mol. The summed E-state index contributed by atoms with van der Waals surface area (Å²) in [7, 11) is 0. The van der Waals surface area contributed by atoms with Gasteiger partial charge in [-0.1, -0.05) is 18.2 Å². The molecule has 3 heteroatoms. The lowest BCUT2D eigenvalue weighted by Crippen LogP contribution is -2.23. The van der Waals surface area contributed by atoms with Crippen molar-refractivity contribution in [2.45, 2.75) is 31.8 Å². The van der Waals surface area contributed by atoms with Crippen LogP contribution in [0.5, 0.6) is 0 Å². The van der Waals surface area contributed by atoms with Crippen LogP contribution in [0.1, 0.15) is 42.2 Å². The normalized spacial score (nSPS) is 19.2. The van der Waals surface area contributed by atoms with Crippen LogP contribution in [0.25, 0.3) is 0 Å². The Balaban J connectivity index is 1.74. The van der Waals surface area contributed by atoms with Gasteiger partial charge in [0.1, 0.15) is 5.82 Å². The molecule has 0 bridgehead atoms. The number of nitrogens with zero attached hydrogens (tertiary/aromatic N) is 1. The van der Waals surface area contributed by atoms with E-state index in [1.165, 1.54) is 17.7 Å². The molecular formula is C16H17FN2. The Morgan fingerprint density at radius 2 is 2.05 bits per heavy atom. The maximum atomic E-state index is 12.9. The van der Waals surface area contributed by atoms with Gasteiger partial charge in [0.2, 0.25) is 0 Å². The molecule has 1 aromatic carbocycles. The average Bonchev–Trinajstić information content (AvgIpc) is 2.83. The minimum absolute atomic E-state index is 0.191. The fourth-order valence-corrected chi connectivity index (χ4v) is 2.72. The SMILES string of the molecule is CC(NC1CCc2cccnc21)c1ccc(F)cc1. The summed E-state index contributed by atoms with van der Waals surface area (Å²) in [6, 6.07) is 11.3. The molecule has 1 heterocycles. The molecule has 2 unspecified atom stereocenters. The molecule has 0 spiro atoms. The Morgan fingerprint density at radius 3 is 2.84 bits per heavy atom. The molecule has 0 saturated heterocycles. The van der Waals surface area contributed by atoms with Crippen LogP contribution in [-0.4, -0.2) is 4.98 Å². The van der Waals surface area contributed by atoms with E-state index in [4.69, 9.17) is 0 Å². The molecule has 1 aromatic heterocycles. The van der Waals surface area contributed by atoms with Gasteiger partial charge in [0.15, 0.2) is 0 Å². The first-order chi connectivity index (χ1) is 9.24. The van der Waals surface area contributed by atoms with Crippen molar-refractivity contribution in [3.8, 4) is 0 Å². The minimum atomic E-state index is -0.191. The van der Waals surface area contributed by atoms with Crippen LogP contribution in [0.4, 0.5) is 4.39 Å². The number of benzene rings is 1. The van der Waals surface area contributed by atoms with Gasteiger partial charge in [-0.2, -0.15) is 0 Å². The fourth-order valence-electron chi connectivity index (χ4n) is 2.72. The number of nitrogens with one attached hydrogen (secondary N) is 1. The molecule has 1 aliphatic rings. The van der Waals surface area contributed by atoms with Gasteiger partial charge in [-0.25, -0.2) is 4.39 Å². The van der Waals surface area contributed by atoms with Gasteiger partial charge >= 0.3 is 0 Å². The second kappa shape index (κ2) is 5.10. The van der Waals surface area contributed by atoms with E-state index in [9.17, 15) is 4.39 Å². The standard InChI is InChI=1S/C16H17FN2/c1-11(12-4-7-14(17)8-5-12)19-15-9-6-13-3-2-10-18-16(13)15/h2-5,7-8,10-11,15,19H,6,9H2,1H3. The van der Waals surface area contributed by atoms with E-state index in [0.29, 0.717) is 6.04 Å². The third-order valence-corrected chi connectivity index (χ3v) is 3.78. The van der Waals surface area contributed by atoms with Crippen LogP contribution in [0.2, 0.25) is 0 Å². The summed E-state index contributed by atoms with van der Waals surface area (Å²) < 4.78 is 12.9. The van der Waals surface area contributed by atoms with Crippen LogP contribution < -0.4 is 5.32 Å². The molecule has 98 valence electrons. The summed E-state index contributed by atoms with van der Waals surface area (Å²) in [5.74, 6) is -0.191. The van der Waals surface area contributed by atoms with Crippen molar-refractivity contribution in [2.24, 2.45) is 0 Å². The highest BCUT2D eigenvalue weighted by atomic mass is 19.1. The van der Waals surface area contributed by atoms with E-state index >= 15 is 0 Å². The first kappa shape index (κ1) is 12.3. The van der Waals surface area contributed by atoms with Crippen molar-refractivity contribution in [1.82, 2.24) is 10.3 Å². The second-order valence-corrected chi connectivity index (χ2v) is 5.08. The molecule has 1 aliphatic carbocycles. The zero-order chi connectivity index (χ0) is 13.2. The maximum absolute atomic E-state index is 12.9. The topological polar surface area (TPSA) is 24.9 Å². The monoisotopic (exact) mass is 256 g/mol. The summed E-state index contributed by atoms with van der Waals surface area (Å²) >= 11 is 0. The smallest absolute Gasteiger partial charge is 0.123 e. The molecule has 2 aromatic rings. The third-order valence-electron chi connectivity index (χ3n) is 3.78. The Kier molecular flexibility index (Phi) is 3.30. The summed E-state index contributed by atoms with van der Waals surface area (Å²) in [5.41, 5.74) is 3.61. The predicted molar refractivity (Wildman–Crippen MR) is 73.2 cm³/mol. The van der Waals surface area contributed by atoms with Gasteiger partial charge in [-0.05, 0) is 49.1 Å². The lowest BCUT2D eigenvalue weighted by molar-refractivity contribution is 0.458. The first-order valence-corrected chi connectivity index (χ1v) is 6.69. The van der Waals surface area contributed by atoms with Crippen LogP contribution in [0, 0.1) is 5.82 Å². The molecule has 0 aliphatic heterocycles. The van der Waals surface area contributed by atoms with Gasteiger partial charge in [0.05, 0.1) is 11.7 Å². The van der Waals surface area contributed by atoms with Crippen molar-refractivity contribution in [3.05, 3.63) is 65.2 Å². The third kappa shape index (κ3) is 2.51. The molecule has 0 fully saturated rings. The van der Waals surface area contributed by atoms with Crippen LogP contribution in [0.15, 0.2) is 42.6 Å². The minimum Gasteiger partial charge on any atom is -0.302 e. The number of pyridine rings is 1. The number of halogens is 1. The van der Waals surface area contributed by atoms with Gasteiger partial charge in [-0.3, -0.25) is 4.98 Å². The number of aryl methyl sites for hydroxylation is 1. The van der Waals surface area contributed by atoms with Gasteiger partial charge in [0, 0.05) is 12.2 Å². The summed E-state index contributed by atoms with van der Waals surface area (Å²) in [5, 5.41) is 3.59. The maximum Gasteiger partial charge on any atom is 0.123 e. The zero-order valence-corrected chi connectivity index (χ0v) is 10.9. The molecule has 1 N–H and O–H groups in total. The molecule has 2 atom stereocenters. The molecule has 0 amide bonds. The highest BCUT2D eigenvalue weighted by molar-refractivity contribution is 5.29. The van der Waals surface area contributed by atoms with E-state index in [-0.39, 0.29) is 11.9 Å². The lowest BCUT2D eigenvalue weighted by atomic mass is 10.1. The Hall–Kier alpha value is -1.74. The first-order valence-electron chi connectivity index (χ1n) is 6.69.